The minimum absolute atomic E-state index is 0.115. The molecule has 0 aromatic carbocycles. The van der Waals surface area contributed by atoms with Gasteiger partial charge in [0.05, 0.1) is 19.8 Å². The zero-order chi connectivity index (χ0) is 17.6. The molecule has 0 radical (unpaired) electrons. The third-order valence-corrected chi connectivity index (χ3v) is 3.52. The molecule has 4 heteroatoms. The van der Waals surface area contributed by atoms with E-state index in [1.807, 2.05) is 0 Å². The van der Waals surface area contributed by atoms with Crippen molar-refractivity contribution >= 4 is 5.97 Å². The van der Waals surface area contributed by atoms with Crippen molar-refractivity contribution in [3.8, 4) is 0 Å². The van der Waals surface area contributed by atoms with Crippen LogP contribution >= 0.6 is 0 Å². The fourth-order valence-electron chi connectivity index (χ4n) is 2.48. The van der Waals surface area contributed by atoms with E-state index in [9.17, 15) is 4.79 Å². The van der Waals surface area contributed by atoms with Crippen LogP contribution in [0.25, 0.3) is 0 Å². The fraction of sp³-hybridized carbons (Fsp3) is 0.947. The Balaban J connectivity index is 3.37. The summed E-state index contributed by atoms with van der Waals surface area (Å²) in [6.45, 7) is 14.2. The molecule has 0 saturated heterocycles. The van der Waals surface area contributed by atoms with Crippen molar-refractivity contribution in [3.63, 3.8) is 0 Å². The second kappa shape index (κ2) is 13.8. The number of hydrogen-bond acceptors (Lipinski definition) is 4. The summed E-state index contributed by atoms with van der Waals surface area (Å²) < 4.78 is 16.1. The molecule has 0 bridgehead atoms. The van der Waals surface area contributed by atoms with Crippen LogP contribution in [-0.4, -0.2) is 39.0 Å². The lowest BCUT2D eigenvalue weighted by atomic mass is 9.84. The fourth-order valence-corrected chi connectivity index (χ4v) is 2.48. The number of hydrogen-bond donors (Lipinski definition) is 0. The first-order chi connectivity index (χ1) is 10.8. The van der Waals surface area contributed by atoms with Crippen LogP contribution in [0.1, 0.15) is 73.1 Å². The molecule has 1 unspecified atom stereocenters. The van der Waals surface area contributed by atoms with E-state index in [0.717, 1.165) is 32.3 Å². The quantitative estimate of drug-likeness (QED) is 0.345. The molecule has 0 aliphatic rings. The number of esters is 1. The standard InChI is InChI=1S/C19H38O4/c1-6-7-11-21-14-15-22-12-8-9-18(20)23-13-10-17(2)16-19(3,4)5/h17H,6-16H2,1-5H3. The molecule has 138 valence electrons. The van der Waals surface area contributed by atoms with Crippen LogP contribution in [0.15, 0.2) is 0 Å². The Bertz CT molecular complexity index is 284. The minimum atomic E-state index is -0.115. The van der Waals surface area contributed by atoms with Crippen LogP contribution in [0.5, 0.6) is 0 Å². The average Bonchev–Trinajstić information content (AvgIpc) is 2.43. The molecule has 0 amide bonds. The smallest absolute Gasteiger partial charge is 0.305 e. The van der Waals surface area contributed by atoms with Crippen LogP contribution in [0.3, 0.4) is 0 Å². The Labute approximate surface area is 143 Å². The highest BCUT2D eigenvalue weighted by Crippen LogP contribution is 2.25. The van der Waals surface area contributed by atoms with Gasteiger partial charge in [0.15, 0.2) is 0 Å². The summed E-state index contributed by atoms with van der Waals surface area (Å²) in [6, 6.07) is 0. The van der Waals surface area contributed by atoms with Crippen molar-refractivity contribution in [2.24, 2.45) is 11.3 Å². The van der Waals surface area contributed by atoms with Crippen molar-refractivity contribution in [2.45, 2.75) is 73.1 Å². The van der Waals surface area contributed by atoms with Crippen molar-refractivity contribution in [1.29, 1.82) is 0 Å². The van der Waals surface area contributed by atoms with Crippen LogP contribution < -0.4 is 0 Å². The third-order valence-electron chi connectivity index (χ3n) is 3.52. The topological polar surface area (TPSA) is 44.8 Å². The molecule has 0 N–H and O–H groups in total. The molecule has 0 aliphatic heterocycles. The second-order valence-corrected chi connectivity index (χ2v) is 7.56. The predicted octanol–water partition coefficient (Wildman–Crippen LogP) is 4.61. The van der Waals surface area contributed by atoms with Gasteiger partial charge in [-0.1, -0.05) is 41.0 Å². The Hall–Kier alpha value is -0.610. The zero-order valence-corrected chi connectivity index (χ0v) is 16.0. The number of rotatable bonds is 14. The zero-order valence-electron chi connectivity index (χ0n) is 16.0. The Morgan fingerprint density at radius 1 is 0.957 bits per heavy atom. The Morgan fingerprint density at radius 3 is 2.13 bits per heavy atom. The van der Waals surface area contributed by atoms with Gasteiger partial charge < -0.3 is 14.2 Å². The van der Waals surface area contributed by atoms with E-state index >= 15 is 0 Å². The van der Waals surface area contributed by atoms with Gasteiger partial charge in [-0.05, 0) is 37.0 Å². The Kier molecular flexibility index (Phi) is 13.4. The largest absolute Gasteiger partial charge is 0.466 e. The van der Waals surface area contributed by atoms with E-state index in [4.69, 9.17) is 14.2 Å². The molecule has 0 aromatic rings. The molecule has 0 spiro atoms. The van der Waals surface area contributed by atoms with Gasteiger partial charge in [0.25, 0.3) is 0 Å². The normalized spacial score (nSPS) is 13.1. The van der Waals surface area contributed by atoms with E-state index in [-0.39, 0.29) is 5.97 Å². The molecular formula is C19H38O4. The maximum Gasteiger partial charge on any atom is 0.305 e. The average molecular weight is 331 g/mol. The minimum Gasteiger partial charge on any atom is -0.466 e. The van der Waals surface area contributed by atoms with Crippen molar-refractivity contribution in [3.05, 3.63) is 0 Å². The summed E-state index contributed by atoms with van der Waals surface area (Å²) in [6.07, 6.45) is 5.49. The highest BCUT2D eigenvalue weighted by atomic mass is 16.5. The molecule has 0 saturated carbocycles. The summed E-state index contributed by atoms with van der Waals surface area (Å²) in [5, 5.41) is 0. The molecule has 23 heavy (non-hydrogen) atoms. The van der Waals surface area contributed by atoms with E-state index in [2.05, 4.69) is 34.6 Å². The molecule has 0 aliphatic carbocycles. The summed E-state index contributed by atoms with van der Waals surface area (Å²) >= 11 is 0. The van der Waals surface area contributed by atoms with E-state index < -0.39 is 0 Å². The molecule has 0 heterocycles. The van der Waals surface area contributed by atoms with Crippen LogP contribution in [0, 0.1) is 11.3 Å². The predicted molar refractivity (Wildman–Crippen MR) is 94.6 cm³/mol. The highest BCUT2D eigenvalue weighted by Gasteiger charge is 2.15. The summed E-state index contributed by atoms with van der Waals surface area (Å²) in [5.41, 5.74) is 0.334. The van der Waals surface area contributed by atoms with Crippen molar-refractivity contribution in [2.75, 3.05) is 33.0 Å². The van der Waals surface area contributed by atoms with Gasteiger partial charge in [0.1, 0.15) is 0 Å². The monoisotopic (exact) mass is 330 g/mol. The highest BCUT2D eigenvalue weighted by molar-refractivity contribution is 5.69. The van der Waals surface area contributed by atoms with Gasteiger partial charge in [-0.2, -0.15) is 0 Å². The first-order valence-corrected chi connectivity index (χ1v) is 9.16. The Morgan fingerprint density at radius 2 is 1.57 bits per heavy atom. The van der Waals surface area contributed by atoms with Crippen LogP contribution in [0.4, 0.5) is 0 Å². The molecule has 0 aromatic heterocycles. The van der Waals surface area contributed by atoms with Gasteiger partial charge in [0.2, 0.25) is 0 Å². The van der Waals surface area contributed by atoms with E-state index in [0.29, 0.717) is 50.6 Å². The van der Waals surface area contributed by atoms with Crippen molar-refractivity contribution in [1.82, 2.24) is 0 Å². The van der Waals surface area contributed by atoms with Gasteiger partial charge in [-0.25, -0.2) is 0 Å². The first kappa shape index (κ1) is 22.4. The number of carbonyl (C=O) groups is 1. The number of unbranched alkanes of at least 4 members (excludes halogenated alkanes) is 1. The summed E-state index contributed by atoms with van der Waals surface area (Å²) in [7, 11) is 0. The SMILES string of the molecule is CCCCOCCOCCCC(=O)OCCC(C)CC(C)(C)C. The van der Waals surface area contributed by atoms with Gasteiger partial charge >= 0.3 is 5.97 Å². The van der Waals surface area contributed by atoms with Crippen LogP contribution in [0.2, 0.25) is 0 Å². The van der Waals surface area contributed by atoms with Crippen LogP contribution in [-0.2, 0) is 19.0 Å². The van der Waals surface area contributed by atoms with Gasteiger partial charge in [-0.3, -0.25) is 4.79 Å². The van der Waals surface area contributed by atoms with Gasteiger partial charge in [0, 0.05) is 19.6 Å². The lowest BCUT2D eigenvalue weighted by Crippen LogP contribution is -2.14. The summed E-state index contributed by atoms with van der Waals surface area (Å²) in [4.78, 5) is 11.6. The number of carbonyl (C=O) groups excluding carboxylic acids is 1. The maximum absolute atomic E-state index is 11.6. The molecule has 1 atom stereocenters. The van der Waals surface area contributed by atoms with Gasteiger partial charge in [-0.15, -0.1) is 0 Å². The molecule has 4 nitrogen and oxygen atoms in total. The summed E-state index contributed by atoms with van der Waals surface area (Å²) in [5.74, 6) is 0.467. The third kappa shape index (κ3) is 17.6. The molecular weight excluding hydrogens is 292 g/mol. The second-order valence-electron chi connectivity index (χ2n) is 7.56. The van der Waals surface area contributed by atoms with Crippen molar-refractivity contribution < 1.29 is 19.0 Å². The van der Waals surface area contributed by atoms with E-state index in [1.54, 1.807) is 0 Å². The molecule has 0 rings (SSSR count). The maximum atomic E-state index is 11.6. The molecule has 0 fully saturated rings. The lowest BCUT2D eigenvalue weighted by Gasteiger charge is -2.22. The lowest BCUT2D eigenvalue weighted by molar-refractivity contribution is -0.144. The van der Waals surface area contributed by atoms with E-state index in [1.165, 1.54) is 0 Å². The number of ether oxygens (including phenoxy) is 3. The first-order valence-electron chi connectivity index (χ1n) is 9.16.